The van der Waals surface area contributed by atoms with Crippen LogP contribution in [0.2, 0.25) is 0 Å². The number of carbonyl (C=O) groups is 2. The molecule has 1 N–H and O–H groups in total. The molecule has 0 aliphatic carbocycles. The van der Waals surface area contributed by atoms with E-state index < -0.39 is 45.9 Å². The van der Waals surface area contributed by atoms with Crippen molar-refractivity contribution in [3.05, 3.63) is 59.7 Å². The van der Waals surface area contributed by atoms with Gasteiger partial charge in [-0.2, -0.15) is 17.5 Å². The average molecular weight is 444 g/mol. The Bertz CT molecular complexity index is 1040. The molecule has 2 aromatic rings. The number of benzene rings is 2. The number of anilines is 1. The summed E-state index contributed by atoms with van der Waals surface area (Å²) in [5.74, 6) is -1.68. The molecule has 0 fully saturated rings. The third kappa shape index (κ3) is 5.36. The smallest absolute Gasteiger partial charge is 0.418 e. The lowest BCUT2D eigenvalue weighted by atomic mass is 10.1. The van der Waals surface area contributed by atoms with Gasteiger partial charge in [0.25, 0.3) is 0 Å². The Morgan fingerprint density at radius 1 is 1.10 bits per heavy atom. The van der Waals surface area contributed by atoms with Gasteiger partial charge in [0.05, 0.1) is 35.4 Å². The van der Waals surface area contributed by atoms with Crippen molar-refractivity contribution in [3.8, 4) is 0 Å². The van der Waals surface area contributed by atoms with E-state index in [1.165, 1.54) is 37.3 Å². The van der Waals surface area contributed by atoms with Crippen LogP contribution in [-0.4, -0.2) is 44.8 Å². The number of sulfonamides is 1. The molecule has 0 aromatic heterocycles. The predicted molar refractivity (Wildman–Crippen MR) is 102 cm³/mol. The number of carbonyl (C=O) groups excluding carboxylic acids is 2. The van der Waals surface area contributed by atoms with E-state index in [2.05, 4.69) is 10.1 Å². The molecule has 2 aromatic carbocycles. The second kappa shape index (κ2) is 9.26. The van der Waals surface area contributed by atoms with Gasteiger partial charge in [-0.3, -0.25) is 4.79 Å². The number of nitrogens with zero attached hydrogens (tertiary/aromatic N) is 1. The molecular weight excluding hydrogens is 425 g/mol. The van der Waals surface area contributed by atoms with Crippen LogP contribution in [0.25, 0.3) is 0 Å². The van der Waals surface area contributed by atoms with Crippen molar-refractivity contribution in [3.63, 3.8) is 0 Å². The molecule has 0 aliphatic heterocycles. The van der Waals surface area contributed by atoms with Gasteiger partial charge in [-0.25, -0.2) is 13.2 Å². The van der Waals surface area contributed by atoms with E-state index >= 15 is 0 Å². The fourth-order valence-electron chi connectivity index (χ4n) is 2.61. The van der Waals surface area contributed by atoms with Crippen molar-refractivity contribution >= 4 is 27.6 Å². The minimum atomic E-state index is -4.69. The van der Waals surface area contributed by atoms with Crippen LogP contribution < -0.4 is 5.32 Å². The van der Waals surface area contributed by atoms with E-state index in [1.54, 1.807) is 0 Å². The fourth-order valence-corrected chi connectivity index (χ4v) is 4.06. The first kappa shape index (κ1) is 23.4. The van der Waals surface area contributed by atoms with Gasteiger partial charge in [0.2, 0.25) is 15.9 Å². The third-order valence-electron chi connectivity index (χ3n) is 4.07. The largest absolute Gasteiger partial charge is 0.465 e. The van der Waals surface area contributed by atoms with Gasteiger partial charge in [0.15, 0.2) is 0 Å². The van der Waals surface area contributed by atoms with Crippen LogP contribution in [0.3, 0.4) is 0 Å². The highest BCUT2D eigenvalue weighted by molar-refractivity contribution is 7.89. The van der Waals surface area contributed by atoms with Crippen LogP contribution in [0, 0.1) is 0 Å². The number of nitrogens with one attached hydrogen (secondary N) is 1. The zero-order chi connectivity index (χ0) is 22.5. The van der Waals surface area contributed by atoms with Crippen LogP contribution in [-0.2, 0) is 25.7 Å². The van der Waals surface area contributed by atoms with E-state index in [0.29, 0.717) is 0 Å². The van der Waals surface area contributed by atoms with E-state index in [0.717, 1.165) is 29.6 Å². The zero-order valence-corrected chi connectivity index (χ0v) is 16.9. The van der Waals surface area contributed by atoms with E-state index in [1.807, 2.05) is 0 Å². The maximum Gasteiger partial charge on any atom is 0.418 e. The number of amides is 1. The lowest BCUT2D eigenvalue weighted by Gasteiger charge is -2.21. The SMILES string of the molecule is CCN(CC(=O)Nc1ccccc1C(F)(F)F)S(=O)(=O)c1cccc(C(=O)OC)c1. The highest BCUT2D eigenvalue weighted by Crippen LogP contribution is 2.34. The van der Waals surface area contributed by atoms with Crippen LogP contribution in [0.15, 0.2) is 53.4 Å². The normalized spacial score (nSPS) is 11.9. The highest BCUT2D eigenvalue weighted by atomic mass is 32.2. The number of hydrogen-bond donors (Lipinski definition) is 1. The number of esters is 1. The molecule has 11 heteroatoms. The first-order valence-corrected chi connectivity index (χ1v) is 10.1. The lowest BCUT2D eigenvalue weighted by molar-refractivity contribution is -0.137. The number of ether oxygens (including phenoxy) is 1. The average Bonchev–Trinajstić information content (AvgIpc) is 2.71. The topological polar surface area (TPSA) is 92.8 Å². The summed E-state index contributed by atoms with van der Waals surface area (Å²) in [6.07, 6.45) is -4.69. The zero-order valence-electron chi connectivity index (χ0n) is 16.1. The molecule has 0 bridgehead atoms. The Morgan fingerprint density at radius 2 is 1.77 bits per heavy atom. The summed E-state index contributed by atoms with van der Waals surface area (Å²) in [4.78, 5) is 23.7. The Hall–Kier alpha value is -2.92. The van der Waals surface area contributed by atoms with E-state index in [9.17, 15) is 31.2 Å². The van der Waals surface area contributed by atoms with Gasteiger partial charge >= 0.3 is 12.1 Å². The van der Waals surface area contributed by atoms with Crippen LogP contribution >= 0.6 is 0 Å². The van der Waals surface area contributed by atoms with Crippen LogP contribution in [0.5, 0.6) is 0 Å². The molecule has 0 unspecified atom stereocenters. The van der Waals surface area contributed by atoms with Crippen molar-refractivity contribution < 1.29 is 35.9 Å². The minimum absolute atomic E-state index is 0.00168. The molecule has 7 nitrogen and oxygen atoms in total. The molecule has 0 radical (unpaired) electrons. The standard InChI is InChI=1S/C19H19F3N2O5S/c1-3-24(30(27,28)14-8-6-7-13(11-14)18(26)29-2)12-17(25)23-16-10-5-4-9-15(16)19(20,21)22/h4-11H,3,12H2,1-2H3,(H,23,25). The quantitative estimate of drug-likeness (QED) is 0.663. The monoisotopic (exact) mass is 444 g/mol. The van der Waals surface area contributed by atoms with Gasteiger partial charge in [0.1, 0.15) is 0 Å². The first-order valence-electron chi connectivity index (χ1n) is 8.65. The number of methoxy groups -OCH3 is 1. The molecule has 0 saturated heterocycles. The van der Waals surface area contributed by atoms with Gasteiger partial charge in [-0.1, -0.05) is 25.1 Å². The summed E-state index contributed by atoms with van der Waals surface area (Å²) in [5, 5.41) is 2.11. The molecule has 0 saturated carbocycles. The molecule has 30 heavy (non-hydrogen) atoms. The number of likely N-dealkylation sites (N-methyl/N-ethyl adjacent to an activating group) is 1. The first-order chi connectivity index (χ1) is 14.0. The Kier molecular flexibility index (Phi) is 7.21. The maximum atomic E-state index is 13.1. The second-order valence-corrected chi connectivity index (χ2v) is 7.98. The molecule has 0 aliphatic rings. The van der Waals surface area contributed by atoms with Crippen molar-refractivity contribution in [2.45, 2.75) is 18.0 Å². The van der Waals surface area contributed by atoms with Gasteiger partial charge in [-0.05, 0) is 30.3 Å². The lowest BCUT2D eigenvalue weighted by Crippen LogP contribution is -2.38. The Balaban J connectivity index is 2.25. The highest BCUT2D eigenvalue weighted by Gasteiger charge is 2.34. The summed E-state index contributed by atoms with van der Waals surface area (Å²) < 4.78 is 70.3. The summed E-state index contributed by atoms with van der Waals surface area (Å²) >= 11 is 0. The molecule has 162 valence electrons. The van der Waals surface area contributed by atoms with Crippen molar-refractivity contribution in [1.29, 1.82) is 0 Å². The summed E-state index contributed by atoms with van der Waals surface area (Å²) in [6.45, 7) is 0.630. The van der Waals surface area contributed by atoms with Crippen LogP contribution in [0.4, 0.5) is 18.9 Å². The maximum absolute atomic E-state index is 13.1. The fraction of sp³-hybridized carbons (Fsp3) is 0.263. The molecule has 0 atom stereocenters. The van der Waals surface area contributed by atoms with Crippen LogP contribution in [0.1, 0.15) is 22.8 Å². The summed E-state index contributed by atoms with van der Waals surface area (Å²) in [7, 11) is -3.05. The van der Waals surface area contributed by atoms with E-state index in [-0.39, 0.29) is 17.0 Å². The summed E-state index contributed by atoms with van der Waals surface area (Å²) in [6, 6.07) is 9.41. The molecule has 2 rings (SSSR count). The van der Waals surface area contributed by atoms with E-state index in [4.69, 9.17) is 0 Å². The van der Waals surface area contributed by atoms with Gasteiger partial charge in [-0.15, -0.1) is 0 Å². The Labute approximate surface area is 171 Å². The van der Waals surface area contributed by atoms with Crippen molar-refractivity contribution in [2.24, 2.45) is 0 Å². The predicted octanol–water partition coefficient (Wildman–Crippen LogP) is 3.14. The molecule has 1 amide bonds. The minimum Gasteiger partial charge on any atom is -0.465 e. The van der Waals surface area contributed by atoms with Gasteiger partial charge < -0.3 is 10.1 Å². The summed E-state index contributed by atoms with van der Waals surface area (Å²) in [5.41, 5.74) is -1.52. The second-order valence-electron chi connectivity index (χ2n) is 6.04. The molecular formula is C19H19F3N2O5S. The number of alkyl halides is 3. The number of hydrogen-bond acceptors (Lipinski definition) is 5. The third-order valence-corrected chi connectivity index (χ3v) is 5.99. The molecule has 0 spiro atoms. The Morgan fingerprint density at radius 3 is 2.37 bits per heavy atom. The van der Waals surface area contributed by atoms with Crippen molar-refractivity contribution in [2.75, 3.05) is 25.5 Å². The number of rotatable bonds is 7. The van der Waals surface area contributed by atoms with Gasteiger partial charge in [0, 0.05) is 6.54 Å². The molecule has 0 heterocycles. The number of para-hydroxylation sites is 1. The van der Waals surface area contributed by atoms with Crippen molar-refractivity contribution in [1.82, 2.24) is 4.31 Å². The number of halogens is 3.